The molecule has 0 saturated carbocycles. The molecule has 0 aromatic heterocycles. The molecule has 29 heavy (non-hydrogen) atoms. The van der Waals surface area contributed by atoms with Gasteiger partial charge in [-0.15, -0.1) is 11.8 Å². The van der Waals surface area contributed by atoms with Gasteiger partial charge in [-0.25, -0.2) is 18.5 Å². The van der Waals surface area contributed by atoms with Crippen LogP contribution in [0.15, 0.2) is 52.3 Å². The standard InChI is InChI=1S/C21H22N2O4S2/c1-12(2)28-19-18(15-6-5-13(3)14(4)11-15)20(24)23(21(19)25)16-7-9-17(10-8-16)29(22,26)27/h5-12H,1-4H3,(H2,22,26,27). The minimum absolute atomic E-state index is 0.0838. The summed E-state index contributed by atoms with van der Waals surface area (Å²) >= 11 is 1.34. The zero-order chi connectivity index (χ0) is 21.5. The molecule has 2 amide bonds. The molecule has 152 valence electrons. The van der Waals surface area contributed by atoms with Gasteiger partial charge in [0.15, 0.2) is 0 Å². The molecule has 0 fully saturated rings. The summed E-state index contributed by atoms with van der Waals surface area (Å²) < 4.78 is 23.0. The first kappa shape index (κ1) is 21.3. The number of imide groups is 1. The highest BCUT2D eigenvalue weighted by molar-refractivity contribution is 8.04. The number of sulfonamides is 1. The number of hydrogen-bond acceptors (Lipinski definition) is 5. The van der Waals surface area contributed by atoms with E-state index in [2.05, 4.69) is 0 Å². The Morgan fingerprint density at radius 2 is 1.55 bits per heavy atom. The maximum atomic E-state index is 13.3. The van der Waals surface area contributed by atoms with Gasteiger partial charge in [-0.2, -0.15) is 0 Å². The SMILES string of the molecule is Cc1ccc(C2=C(SC(C)C)C(=O)N(c3ccc(S(N)(=O)=O)cc3)C2=O)cc1C. The van der Waals surface area contributed by atoms with Gasteiger partial charge in [-0.05, 0) is 54.8 Å². The van der Waals surface area contributed by atoms with Crippen molar-refractivity contribution in [3.63, 3.8) is 0 Å². The predicted octanol–water partition coefficient (Wildman–Crippen LogP) is 3.38. The fraction of sp³-hybridized carbons (Fsp3) is 0.238. The number of thioether (sulfide) groups is 1. The van der Waals surface area contributed by atoms with E-state index in [0.29, 0.717) is 21.7 Å². The van der Waals surface area contributed by atoms with Crippen molar-refractivity contribution in [2.24, 2.45) is 5.14 Å². The molecular formula is C21H22N2O4S2. The number of primary sulfonamides is 1. The summed E-state index contributed by atoms with van der Waals surface area (Å²) in [5.41, 5.74) is 3.48. The molecule has 1 heterocycles. The number of rotatable bonds is 5. The van der Waals surface area contributed by atoms with Crippen LogP contribution < -0.4 is 10.0 Å². The molecule has 2 N–H and O–H groups in total. The molecule has 0 bridgehead atoms. The van der Waals surface area contributed by atoms with Crippen molar-refractivity contribution < 1.29 is 18.0 Å². The van der Waals surface area contributed by atoms with Gasteiger partial charge >= 0.3 is 0 Å². The first-order chi connectivity index (χ1) is 13.5. The van der Waals surface area contributed by atoms with E-state index in [1.54, 1.807) is 0 Å². The largest absolute Gasteiger partial charge is 0.272 e. The number of nitrogens with zero attached hydrogens (tertiary/aromatic N) is 1. The Kier molecular flexibility index (Phi) is 5.71. The molecule has 1 aliphatic rings. The third-order valence-corrected chi connectivity index (χ3v) is 6.63. The van der Waals surface area contributed by atoms with Crippen molar-refractivity contribution in [1.82, 2.24) is 0 Å². The van der Waals surface area contributed by atoms with E-state index >= 15 is 0 Å². The smallest absolute Gasteiger partial charge is 0.268 e. The first-order valence-corrected chi connectivity index (χ1v) is 11.4. The second kappa shape index (κ2) is 7.78. The summed E-state index contributed by atoms with van der Waals surface area (Å²) in [4.78, 5) is 27.8. The zero-order valence-electron chi connectivity index (χ0n) is 16.6. The van der Waals surface area contributed by atoms with Crippen LogP contribution in [0.5, 0.6) is 0 Å². The summed E-state index contributed by atoms with van der Waals surface area (Å²) in [6.45, 7) is 7.85. The molecule has 0 saturated heterocycles. The average Bonchev–Trinajstić information content (AvgIpc) is 2.86. The maximum absolute atomic E-state index is 13.3. The molecule has 0 atom stereocenters. The van der Waals surface area contributed by atoms with Crippen LogP contribution in [0.1, 0.15) is 30.5 Å². The third kappa shape index (κ3) is 4.14. The van der Waals surface area contributed by atoms with E-state index in [-0.39, 0.29) is 10.1 Å². The number of hydrogen-bond donors (Lipinski definition) is 1. The normalized spacial score (nSPS) is 15.0. The van der Waals surface area contributed by atoms with E-state index in [1.165, 1.54) is 36.0 Å². The molecule has 0 spiro atoms. The fourth-order valence-electron chi connectivity index (χ4n) is 3.03. The summed E-state index contributed by atoms with van der Waals surface area (Å²) in [6, 6.07) is 11.1. The Morgan fingerprint density at radius 3 is 2.07 bits per heavy atom. The second-order valence-corrected chi connectivity index (χ2v) is 10.3. The van der Waals surface area contributed by atoms with E-state index in [1.807, 2.05) is 45.9 Å². The Bertz CT molecular complexity index is 1130. The summed E-state index contributed by atoms with van der Waals surface area (Å²) in [6.07, 6.45) is 0. The lowest BCUT2D eigenvalue weighted by atomic mass is 10.0. The van der Waals surface area contributed by atoms with Crippen molar-refractivity contribution in [1.29, 1.82) is 0 Å². The lowest BCUT2D eigenvalue weighted by Gasteiger charge is -2.16. The lowest BCUT2D eigenvalue weighted by molar-refractivity contribution is -0.119. The monoisotopic (exact) mass is 430 g/mol. The van der Waals surface area contributed by atoms with E-state index in [4.69, 9.17) is 5.14 Å². The van der Waals surface area contributed by atoms with Gasteiger partial charge < -0.3 is 0 Å². The van der Waals surface area contributed by atoms with E-state index in [9.17, 15) is 18.0 Å². The van der Waals surface area contributed by atoms with Gasteiger partial charge in [0.1, 0.15) is 0 Å². The Balaban J connectivity index is 2.09. The number of benzene rings is 2. The quantitative estimate of drug-likeness (QED) is 0.734. The van der Waals surface area contributed by atoms with Gasteiger partial charge in [0.25, 0.3) is 11.8 Å². The van der Waals surface area contributed by atoms with Gasteiger partial charge in [0, 0.05) is 5.25 Å². The first-order valence-electron chi connectivity index (χ1n) is 9.01. The topological polar surface area (TPSA) is 97.5 Å². The summed E-state index contributed by atoms with van der Waals surface area (Å²) in [7, 11) is -3.86. The van der Waals surface area contributed by atoms with Gasteiger partial charge in [0.05, 0.1) is 21.1 Å². The molecule has 2 aromatic rings. The molecular weight excluding hydrogens is 408 g/mol. The van der Waals surface area contributed by atoms with Crippen LogP contribution in [-0.2, 0) is 19.6 Å². The van der Waals surface area contributed by atoms with Crippen molar-refractivity contribution in [2.45, 2.75) is 37.8 Å². The summed E-state index contributed by atoms with van der Waals surface area (Å²) in [5, 5.41) is 5.23. The molecule has 0 aliphatic carbocycles. The Labute approximate surface area is 174 Å². The van der Waals surface area contributed by atoms with Crippen LogP contribution in [0, 0.1) is 13.8 Å². The number of nitrogens with two attached hydrogens (primary N) is 1. The van der Waals surface area contributed by atoms with Crippen LogP contribution in [0.3, 0.4) is 0 Å². The molecule has 0 radical (unpaired) electrons. The highest BCUT2D eigenvalue weighted by Crippen LogP contribution is 2.40. The number of carbonyl (C=O) groups excluding carboxylic acids is 2. The molecule has 8 heteroatoms. The predicted molar refractivity (Wildman–Crippen MR) is 116 cm³/mol. The van der Waals surface area contributed by atoms with Crippen LogP contribution in [-0.4, -0.2) is 25.5 Å². The van der Waals surface area contributed by atoms with Crippen LogP contribution in [0.4, 0.5) is 5.69 Å². The average molecular weight is 431 g/mol. The zero-order valence-corrected chi connectivity index (χ0v) is 18.2. The molecule has 6 nitrogen and oxygen atoms in total. The van der Waals surface area contributed by atoms with Crippen LogP contribution >= 0.6 is 11.8 Å². The Morgan fingerprint density at radius 1 is 0.931 bits per heavy atom. The second-order valence-electron chi connectivity index (χ2n) is 7.15. The third-order valence-electron chi connectivity index (χ3n) is 4.61. The van der Waals surface area contributed by atoms with Crippen molar-refractivity contribution >= 4 is 44.9 Å². The van der Waals surface area contributed by atoms with Gasteiger partial charge in [0.2, 0.25) is 10.0 Å². The van der Waals surface area contributed by atoms with Gasteiger partial charge in [-0.3, -0.25) is 9.59 Å². The van der Waals surface area contributed by atoms with Crippen LogP contribution in [0.2, 0.25) is 0 Å². The van der Waals surface area contributed by atoms with E-state index < -0.39 is 21.8 Å². The summed E-state index contributed by atoms with van der Waals surface area (Å²) in [5.74, 6) is -0.838. The van der Waals surface area contributed by atoms with Crippen molar-refractivity contribution in [3.05, 3.63) is 64.1 Å². The molecule has 3 rings (SSSR count). The number of anilines is 1. The minimum atomic E-state index is -3.86. The molecule has 0 unspecified atom stereocenters. The highest BCUT2D eigenvalue weighted by atomic mass is 32.2. The minimum Gasteiger partial charge on any atom is -0.268 e. The Hall–Kier alpha value is -2.42. The number of amides is 2. The number of aryl methyl sites for hydroxylation is 2. The molecule has 1 aliphatic heterocycles. The van der Waals surface area contributed by atoms with Crippen molar-refractivity contribution in [2.75, 3.05) is 4.90 Å². The van der Waals surface area contributed by atoms with Gasteiger partial charge in [-0.1, -0.05) is 32.0 Å². The van der Waals surface area contributed by atoms with Crippen molar-refractivity contribution in [3.8, 4) is 0 Å². The van der Waals surface area contributed by atoms with E-state index in [0.717, 1.165) is 16.0 Å². The highest BCUT2D eigenvalue weighted by Gasteiger charge is 2.40. The lowest BCUT2D eigenvalue weighted by Crippen LogP contribution is -2.31. The maximum Gasteiger partial charge on any atom is 0.272 e. The fourth-order valence-corrected chi connectivity index (χ4v) is 4.53. The van der Waals surface area contributed by atoms with Crippen LogP contribution in [0.25, 0.3) is 5.57 Å². The number of carbonyl (C=O) groups is 2. The molecule has 2 aromatic carbocycles.